The summed E-state index contributed by atoms with van der Waals surface area (Å²) in [6.07, 6.45) is 6.06. The molecule has 2 aromatic heterocycles. The van der Waals surface area contributed by atoms with Crippen molar-refractivity contribution in [1.29, 1.82) is 0 Å². The van der Waals surface area contributed by atoms with Crippen molar-refractivity contribution in [3.8, 4) is 0 Å². The van der Waals surface area contributed by atoms with Crippen LogP contribution in [-0.2, 0) is 0 Å². The molecule has 0 amide bonds. The molecule has 4 heteroatoms. The van der Waals surface area contributed by atoms with Gasteiger partial charge in [-0.15, -0.1) is 0 Å². The molecule has 0 radical (unpaired) electrons. The Hall–Kier alpha value is -1.58. The predicted octanol–water partition coefficient (Wildman–Crippen LogP) is 3.32. The van der Waals surface area contributed by atoms with Gasteiger partial charge in [-0.2, -0.15) is 0 Å². The lowest BCUT2D eigenvalue weighted by Gasteiger charge is -2.15. The van der Waals surface area contributed by atoms with Gasteiger partial charge in [-0.25, -0.2) is 9.97 Å². The first-order chi connectivity index (χ1) is 8.50. The van der Waals surface area contributed by atoms with Crippen LogP contribution >= 0.6 is 0 Å². The molecule has 1 atom stereocenters. The Morgan fingerprint density at radius 3 is 2.61 bits per heavy atom. The van der Waals surface area contributed by atoms with Gasteiger partial charge < -0.3 is 10.3 Å². The summed E-state index contributed by atoms with van der Waals surface area (Å²) < 4.78 is 2.23. The van der Waals surface area contributed by atoms with E-state index in [0.29, 0.717) is 11.9 Å². The monoisotopic (exact) mass is 246 g/mol. The average molecular weight is 246 g/mol. The summed E-state index contributed by atoms with van der Waals surface area (Å²) in [6, 6.07) is 0.442. The quantitative estimate of drug-likeness (QED) is 0.900. The van der Waals surface area contributed by atoms with E-state index in [1.165, 1.54) is 6.42 Å². The lowest BCUT2D eigenvalue weighted by molar-refractivity contribution is 0.446. The van der Waals surface area contributed by atoms with Crippen molar-refractivity contribution in [3.63, 3.8) is 0 Å². The Morgan fingerprint density at radius 2 is 1.94 bits per heavy atom. The number of fused-ring (bicyclic) bond motifs is 1. The van der Waals surface area contributed by atoms with Gasteiger partial charge in [0.05, 0.1) is 5.39 Å². The highest BCUT2D eigenvalue weighted by atomic mass is 15.1. The van der Waals surface area contributed by atoms with E-state index >= 15 is 0 Å². The molecule has 0 fully saturated rings. The van der Waals surface area contributed by atoms with Crippen molar-refractivity contribution in [2.75, 3.05) is 5.73 Å². The van der Waals surface area contributed by atoms with E-state index < -0.39 is 0 Å². The molecule has 2 rings (SSSR count). The zero-order valence-electron chi connectivity index (χ0n) is 11.6. The van der Waals surface area contributed by atoms with Gasteiger partial charge >= 0.3 is 0 Å². The molecule has 2 heterocycles. The van der Waals surface area contributed by atoms with Gasteiger partial charge in [0.25, 0.3) is 0 Å². The first kappa shape index (κ1) is 12.9. The molecule has 98 valence electrons. The zero-order chi connectivity index (χ0) is 13.3. The van der Waals surface area contributed by atoms with Crippen LogP contribution in [0.5, 0.6) is 0 Å². The van der Waals surface area contributed by atoms with Crippen molar-refractivity contribution in [3.05, 3.63) is 18.1 Å². The SMILES string of the molecule is Cc1cn(C(C)CCC(C)C)c2ncnc(N)c12. The second kappa shape index (κ2) is 4.96. The molecule has 4 nitrogen and oxygen atoms in total. The Kier molecular flexibility index (Phi) is 3.55. The second-order valence-corrected chi connectivity index (χ2v) is 5.50. The van der Waals surface area contributed by atoms with E-state index in [2.05, 4.69) is 48.4 Å². The van der Waals surface area contributed by atoms with Gasteiger partial charge in [0, 0.05) is 12.2 Å². The zero-order valence-corrected chi connectivity index (χ0v) is 11.6. The van der Waals surface area contributed by atoms with Crippen LogP contribution in [0.1, 0.15) is 45.2 Å². The van der Waals surface area contributed by atoms with Crippen LogP contribution in [0.15, 0.2) is 12.5 Å². The number of hydrogen-bond acceptors (Lipinski definition) is 3. The summed E-state index contributed by atoms with van der Waals surface area (Å²) in [5.74, 6) is 1.31. The summed E-state index contributed by atoms with van der Waals surface area (Å²) >= 11 is 0. The van der Waals surface area contributed by atoms with Gasteiger partial charge in [0.15, 0.2) is 0 Å². The lowest BCUT2D eigenvalue weighted by atomic mass is 10.0. The van der Waals surface area contributed by atoms with E-state index in [0.717, 1.165) is 28.9 Å². The third-order valence-corrected chi connectivity index (χ3v) is 3.46. The normalized spacial score (nSPS) is 13.4. The maximum Gasteiger partial charge on any atom is 0.145 e. The minimum absolute atomic E-state index is 0.442. The molecular weight excluding hydrogens is 224 g/mol. The topological polar surface area (TPSA) is 56.7 Å². The molecule has 18 heavy (non-hydrogen) atoms. The van der Waals surface area contributed by atoms with Crippen LogP contribution in [0.4, 0.5) is 5.82 Å². The van der Waals surface area contributed by atoms with E-state index in [4.69, 9.17) is 5.73 Å². The highest BCUT2D eigenvalue weighted by Crippen LogP contribution is 2.27. The summed E-state index contributed by atoms with van der Waals surface area (Å²) in [4.78, 5) is 8.45. The first-order valence-electron chi connectivity index (χ1n) is 6.58. The maximum atomic E-state index is 5.93. The third kappa shape index (κ3) is 2.33. The molecule has 1 unspecified atom stereocenters. The fourth-order valence-corrected chi connectivity index (χ4v) is 2.35. The minimum Gasteiger partial charge on any atom is -0.383 e. The molecule has 0 aliphatic heterocycles. The van der Waals surface area contributed by atoms with Gasteiger partial charge in [-0.3, -0.25) is 0 Å². The number of nitrogens with two attached hydrogens (primary N) is 1. The largest absolute Gasteiger partial charge is 0.383 e. The van der Waals surface area contributed by atoms with Crippen LogP contribution in [0.25, 0.3) is 11.0 Å². The maximum absolute atomic E-state index is 5.93. The number of nitrogen functional groups attached to an aromatic ring is 1. The molecule has 0 saturated heterocycles. The Morgan fingerprint density at radius 1 is 1.22 bits per heavy atom. The van der Waals surface area contributed by atoms with Crippen molar-refractivity contribution in [2.24, 2.45) is 5.92 Å². The number of aromatic nitrogens is 3. The van der Waals surface area contributed by atoms with Crippen LogP contribution in [0.2, 0.25) is 0 Å². The molecule has 0 saturated carbocycles. The average Bonchev–Trinajstić information content (AvgIpc) is 2.65. The van der Waals surface area contributed by atoms with E-state index in [1.807, 2.05) is 0 Å². The summed E-state index contributed by atoms with van der Waals surface area (Å²) in [5.41, 5.74) is 8.04. The Balaban J connectivity index is 2.37. The minimum atomic E-state index is 0.442. The molecule has 0 aliphatic carbocycles. The first-order valence-corrected chi connectivity index (χ1v) is 6.58. The highest BCUT2D eigenvalue weighted by Gasteiger charge is 2.14. The molecule has 0 aliphatic rings. The van der Waals surface area contributed by atoms with Crippen molar-refractivity contribution in [1.82, 2.24) is 14.5 Å². The van der Waals surface area contributed by atoms with E-state index in [9.17, 15) is 0 Å². The van der Waals surface area contributed by atoms with E-state index in [-0.39, 0.29) is 0 Å². The molecular formula is C14H22N4. The number of rotatable bonds is 4. The second-order valence-electron chi connectivity index (χ2n) is 5.50. The van der Waals surface area contributed by atoms with Gasteiger partial charge in [0.1, 0.15) is 17.8 Å². The lowest BCUT2D eigenvalue weighted by Crippen LogP contribution is -2.06. The number of hydrogen-bond donors (Lipinski definition) is 1. The molecule has 2 N–H and O–H groups in total. The molecule has 0 aromatic carbocycles. The standard InChI is InChI=1S/C14H22N4/c1-9(2)5-6-11(4)18-7-10(3)12-13(15)16-8-17-14(12)18/h7-9,11H,5-6H2,1-4H3,(H2,15,16,17). The Bertz CT molecular complexity index is 542. The Labute approximate surface area is 108 Å². The summed E-state index contributed by atoms with van der Waals surface area (Å²) in [5, 5.41) is 0.994. The van der Waals surface area contributed by atoms with Gasteiger partial charge in [-0.1, -0.05) is 13.8 Å². The fourth-order valence-electron chi connectivity index (χ4n) is 2.35. The highest BCUT2D eigenvalue weighted by molar-refractivity contribution is 5.89. The van der Waals surface area contributed by atoms with E-state index in [1.54, 1.807) is 6.33 Å². The number of nitrogens with zero attached hydrogens (tertiary/aromatic N) is 3. The fraction of sp³-hybridized carbons (Fsp3) is 0.571. The van der Waals surface area contributed by atoms with Gasteiger partial charge in [-0.05, 0) is 38.2 Å². The number of aryl methyl sites for hydroxylation is 1. The van der Waals surface area contributed by atoms with Crippen LogP contribution in [0.3, 0.4) is 0 Å². The summed E-state index contributed by atoms with van der Waals surface area (Å²) in [6.45, 7) is 8.81. The van der Waals surface area contributed by atoms with Crippen LogP contribution in [-0.4, -0.2) is 14.5 Å². The van der Waals surface area contributed by atoms with Gasteiger partial charge in [0.2, 0.25) is 0 Å². The molecule has 0 bridgehead atoms. The predicted molar refractivity (Wildman–Crippen MR) is 75.5 cm³/mol. The van der Waals surface area contributed by atoms with Crippen LogP contribution in [0, 0.1) is 12.8 Å². The molecule has 0 spiro atoms. The third-order valence-electron chi connectivity index (χ3n) is 3.46. The summed E-state index contributed by atoms with van der Waals surface area (Å²) in [7, 11) is 0. The van der Waals surface area contributed by atoms with Crippen molar-refractivity contribution < 1.29 is 0 Å². The van der Waals surface area contributed by atoms with Crippen molar-refractivity contribution in [2.45, 2.75) is 46.6 Å². The smallest absolute Gasteiger partial charge is 0.145 e. The number of anilines is 1. The van der Waals surface area contributed by atoms with Crippen LogP contribution < -0.4 is 5.73 Å². The van der Waals surface area contributed by atoms with Crippen molar-refractivity contribution >= 4 is 16.9 Å². The molecule has 2 aromatic rings.